The summed E-state index contributed by atoms with van der Waals surface area (Å²) in [6.07, 6.45) is 2.22. The number of nitrogens with one attached hydrogen (secondary N) is 1. The van der Waals surface area contributed by atoms with E-state index in [1.54, 1.807) is 14.0 Å². The summed E-state index contributed by atoms with van der Waals surface area (Å²) in [6.45, 7) is 2.27. The number of aryl methyl sites for hydroxylation is 1. The van der Waals surface area contributed by atoms with E-state index in [4.69, 9.17) is 14.3 Å². The maximum absolute atomic E-state index is 13.1. The molecular weight excluding hydrogens is 394 g/mol. The van der Waals surface area contributed by atoms with E-state index in [-0.39, 0.29) is 12.3 Å². The highest BCUT2D eigenvalue weighted by atomic mass is 16.5. The Labute approximate surface area is 181 Å². The van der Waals surface area contributed by atoms with Crippen LogP contribution in [0.4, 0.5) is 0 Å². The van der Waals surface area contributed by atoms with Crippen molar-refractivity contribution in [2.45, 2.75) is 32.6 Å². The number of hydrogen-bond donors (Lipinski definition) is 2. The molecule has 0 saturated carbocycles. The molecule has 0 fully saturated rings. The summed E-state index contributed by atoms with van der Waals surface area (Å²) in [4.78, 5) is 23.7. The standard InChI is InChI=1S/C25H27NO5/c1-17-22(25(29)26-16-8-4-7-11-21(27)28)23(18-12-14-20(30-2)15-13-18)24(31-17)19-9-5-3-6-10-19/h3,5-6,9-10,12-15H,4,7-8,11,16H2,1-2H3,(H,26,29)(H,27,28). The summed E-state index contributed by atoms with van der Waals surface area (Å²) in [5.41, 5.74) is 3.01. The number of benzene rings is 2. The normalized spacial score (nSPS) is 10.6. The van der Waals surface area contributed by atoms with Crippen molar-refractivity contribution in [2.24, 2.45) is 0 Å². The summed E-state index contributed by atoms with van der Waals surface area (Å²) in [5, 5.41) is 11.7. The lowest BCUT2D eigenvalue weighted by atomic mass is 9.96. The lowest BCUT2D eigenvalue weighted by molar-refractivity contribution is -0.137. The predicted octanol–water partition coefficient (Wildman–Crippen LogP) is 5.31. The van der Waals surface area contributed by atoms with Gasteiger partial charge in [0.25, 0.3) is 5.91 Å². The van der Waals surface area contributed by atoms with E-state index in [0.29, 0.717) is 30.0 Å². The highest BCUT2D eigenvalue weighted by Crippen LogP contribution is 2.39. The Morgan fingerprint density at radius 2 is 1.68 bits per heavy atom. The van der Waals surface area contributed by atoms with Crippen molar-refractivity contribution in [3.63, 3.8) is 0 Å². The number of unbranched alkanes of at least 4 members (excludes halogenated alkanes) is 2. The Hall–Kier alpha value is -3.54. The van der Waals surface area contributed by atoms with Gasteiger partial charge in [-0.15, -0.1) is 0 Å². The third kappa shape index (κ3) is 5.54. The summed E-state index contributed by atoms with van der Waals surface area (Å²) in [7, 11) is 1.61. The van der Waals surface area contributed by atoms with Crippen LogP contribution in [0.1, 0.15) is 41.8 Å². The number of methoxy groups -OCH3 is 1. The average Bonchev–Trinajstić information content (AvgIpc) is 3.13. The van der Waals surface area contributed by atoms with Crippen LogP contribution in [0.15, 0.2) is 59.0 Å². The number of carbonyl (C=O) groups excluding carboxylic acids is 1. The first kappa shape index (κ1) is 22.2. The molecule has 31 heavy (non-hydrogen) atoms. The fraction of sp³-hybridized carbons (Fsp3) is 0.280. The first-order valence-corrected chi connectivity index (χ1v) is 10.3. The molecule has 0 aliphatic heterocycles. The van der Waals surface area contributed by atoms with E-state index in [2.05, 4.69) is 5.32 Å². The molecule has 1 aromatic heterocycles. The number of aliphatic carboxylic acids is 1. The highest BCUT2D eigenvalue weighted by Gasteiger charge is 2.25. The van der Waals surface area contributed by atoms with E-state index in [1.165, 1.54) is 0 Å². The first-order valence-electron chi connectivity index (χ1n) is 10.3. The summed E-state index contributed by atoms with van der Waals surface area (Å²) >= 11 is 0. The molecule has 162 valence electrons. The fourth-order valence-corrected chi connectivity index (χ4v) is 3.51. The number of carbonyl (C=O) groups is 2. The van der Waals surface area contributed by atoms with Gasteiger partial charge in [-0.2, -0.15) is 0 Å². The molecule has 2 N–H and O–H groups in total. The molecule has 1 heterocycles. The minimum Gasteiger partial charge on any atom is -0.497 e. The minimum absolute atomic E-state index is 0.150. The maximum atomic E-state index is 13.1. The van der Waals surface area contributed by atoms with Crippen LogP contribution in [0.3, 0.4) is 0 Å². The average molecular weight is 421 g/mol. The molecule has 0 aliphatic carbocycles. The Kier molecular flexibility index (Phi) is 7.49. The van der Waals surface area contributed by atoms with Crippen LogP contribution in [-0.4, -0.2) is 30.6 Å². The molecule has 2 aromatic carbocycles. The fourth-order valence-electron chi connectivity index (χ4n) is 3.51. The Morgan fingerprint density at radius 3 is 2.32 bits per heavy atom. The van der Waals surface area contributed by atoms with Crippen molar-refractivity contribution in [1.29, 1.82) is 0 Å². The zero-order chi connectivity index (χ0) is 22.2. The van der Waals surface area contributed by atoms with Gasteiger partial charge in [-0.1, -0.05) is 48.9 Å². The molecule has 3 aromatic rings. The number of rotatable bonds is 10. The van der Waals surface area contributed by atoms with Crippen LogP contribution < -0.4 is 10.1 Å². The van der Waals surface area contributed by atoms with Gasteiger partial charge in [-0.05, 0) is 37.5 Å². The SMILES string of the molecule is COc1ccc(-c2c(-c3ccccc3)oc(C)c2C(=O)NCCCCCC(=O)O)cc1. The number of carboxylic acids is 1. The summed E-state index contributed by atoms with van der Waals surface area (Å²) < 4.78 is 11.3. The maximum Gasteiger partial charge on any atom is 0.303 e. The van der Waals surface area contributed by atoms with E-state index in [0.717, 1.165) is 35.3 Å². The van der Waals surface area contributed by atoms with Crippen molar-refractivity contribution in [3.05, 3.63) is 65.9 Å². The zero-order valence-electron chi connectivity index (χ0n) is 17.8. The zero-order valence-corrected chi connectivity index (χ0v) is 17.8. The van der Waals surface area contributed by atoms with E-state index in [1.807, 2.05) is 54.6 Å². The Balaban J connectivity index is 1.87. The van der Waals surface area contributed by atoms with E-state index < -0.39 is 5.97 Å². The van der Waals surface area contributed by atoms with Crippen LogP contribution in [0.5, 0.6) is 5.75 Å². The largest absolute Gasteiger partial charge is 0.497 e. The molecule has 1 amide bonds. The van der Waals surface area contributed by atoms with Gasteiger partial charge in [0.1, 0.15) is 17.3 Å². The van der Waals surface area contributed by atoms with Crippen LogP contribution in [0.2, 0.25) is 0 Å². The van der Waals surface area contributed by atoms with Crippen molar-refractivity contribution >= 4 is 11.9 Å². The van der Waals surface area contributed by atoms with Crippen LogP contribution in [-0.2, 0) is 4.79 Å². The topological polar surface area (TPSA) is 88.8 Å². The monoisotopic (exact) mass is 421 g/mol. The number of ether oxygens (including phenoxy) is 1. The third-order valence-electron chi connectivity index (χ3n) is 5.08. The summed E-state index contributed by atoms with van der Waals surface area (Å²) in [6, 6.07) is 17.3. The molecule has 0 aliphatic rings. The Morgan fingerprint density at radius 1 is 0.968 bits per heavy atom. The molecule has 0 saturated heterocycles. The van der Waals surface area contributed by atoms with Crippen molar-refractivity contribution < 1.29 is 23.8 Å². The number of hydrogen-bond acceptors (Lipinski definition) is 4. The number of furan rings is 1. The Bertz CT molecular complexity index is 1020. The van der Waals surface area contributed by atoms with Gasteiger partial charge in [0.05, 0.1) is 12.7 Å². The van der Waals surface area contributed by atoms with Crippen molar-refractivity contribution in [2.75, 3.05) is 13.7 Å². The molecule has 3 rings (SSSR count). The number of carboxylic acid groups (broad SMARTS) is 1. The first-order chi connectivity index (χ1) is 15.0. The molecule has 6 nitrogen and oxygen atoms in total. The van der Waals surface area contributed by atoms with Gasteiger partial charge in [0, 0.05) is 24.1 Å². The van der Waals surface area contributed by atoms with E-state index in [9.17, 15) is 9.59 Å². The number of amides is 1. The molecule has 6 heteroatoms. The predicted molar refractivity (Wildman–Crippen MR) is 119 cm³/mol. The van der Waals surface area contributed by atoms with E-state index >= 15 is 0 Å². The molecule has 0 bridgehead atoms. The van der Waals surface area contributed by atoms with Gasteiger partial charge in [0.15, 0.2) is 0 Å². The smallest absolute Gasteiger partial charge is 0.303 e. The van der Waals surface area contributed by atoms with Gasteiger partial charge >= 0.3 is 5.97 Å². The second-order valence-corrected chi connectivity index (χ2v) is 7.29. The summed E-state index contributed by atoms with van der Waals surface area (Å²) in [5.74, 6) is 0.934. The molecule has 0 radical (unpaired) electrons. The second kappa shape index (κ2) is 10.5. The second-order valence-electron chi connectivity index (χ2n) is 7.29. The van der Waals surface area contributed by atoms with Crippen LogP contribution >= 0.6 is 0 Å². The molecule has 0 atom stereocenters. The minimum atomic E-state index is -0.796. The van der Waals surface area contributed by atoms with Crippen LogP contribution in [0.25, 0.3) is 22.5 Å². The van der Waals surface area contributed by atoms with Gasteiger partial charge < -0.3 is 19.6 Å². The lowest BCUT2D eigenvalue weighted by Crippen LogP contribution is -2.25. The molecular formula is C25H27NO5. The molecule has 0 spiro atoms. The van der Waals surface area contributed by atoms with Crippen molar-refractivity contribution in [1.82, 2.24) is 5.32 Å². The van der Waals surface area contributed by atoms with Crippen molar-refractivity contribution in [3.8, 4) is 28.2 Å². The van der Waals surface area contributed by atoms with Gasteiger partial charge in [0.2, 0.25) is 0 Å². The highest BCUT2D eigenvalue weighted by molar-refractivity contribution is 6.05. The quantitative estimate of drug-likeness (QED) is 0.433. The van der Waals surface area contributed by atoms with Crippen LogP contribution in [0, 0.1) is 6.92 Å². The van der Waals surface area contributed by atoms with Gasteiger partial charge in [-0.25, -0.2) is 0 Å². The third-order valence-corrected chi connectivity index (χ3v) is 5.08. The van der Waals surface area contributed by atoms with Gasteiger partial charge in [-0.3, -0.25) is 9.59 Å². The molecule has 0 unspecified atom stereocenters. The lowest BCUT2D eigenvalue weighted by Gasteiger charge is -2.09.